The number of esters is 1. The molecule has 0 radical (unpaired) electrons. The van der Waals surface area contributed by atoms with Gasteiger partial charge in [-0.05, 0) is 41.0 Å². The topological polar surface area (TPSA) is 35.5 Å². The molecule has 0 aromatic heterocycles. The minimum absolute atomic E-state index is 0.388. The molecule has 0 saturated carbocycles. The summed E-state index contributed by atoms with van der Waals surface area (Å²) in [6.07, 6.45) is -0.778. The van der Waals surface area contributed by atoms with Crippen LogP contribution in [-0.4, -0.2) is 19.2 Å². The number of benzene rings is 4. The van der Waals surface area contributed by atoms with Gasteiger partial charge in [0.15, 0.2) is 6.10 Å². The van der Waals surface area contributed by atoms with Gasteiger partial charge in [0.2, 0.25) is 0 Å². The number of methoxy groups -OCH3 is 1. The van der Waals surface area contributed by atoms with E-state index in [0.29, 0.717) is 0 Å². The number of carbonyl (C=O) groups is 1. The Kier molecular flexibility index (Phi) is 7.10. The monoisotopic (exact) mass is 446 g/mol. The molecule has 0 fully saturated rings. The summed E-state index contributed by atoms with van der Waals surface area (Å²) in [5.74, 6) is 6.91. The highest BCUT2D eigenvalue weighted by molar-refractivity contribution is 5.68. The minimum Gasteiger partial charge on any atom is -0.497 e. The number of ether oxygens (including phenoxy) is 2. The molecule has 0 amide bonds. The molecule has 4 aromatic rings. The van der Waals surface area contributed by atoms with Crippen LogP contribution in [0.2, 0.25) is 0 Å². The summed E-state index contributed by atoms with van der Waals surface area (Å²) in [6.45, 7) is 1.42. The van der Waals surface area contributed by atoms with Gasteiger partial charge in [-0.2, -0.15) is 0 Å². The zero-order chi connectivity index (χ0) is 23.8. The zero-order valence-electron chi connectivity index (χ0n) is 19.3. The van der Waals surface area contributed by atoms with Crippen LogP contribution in [0.5, 0.6) is 5.75 Å². The van der Waals surface area contributed by atoms with Crippen LogP contribution in [0.15, 0.2) is 115 Å². The van der Waals surface area contributed by atoms with E-state index in [0.717, 1.165) is 28.0 Å². The molecule has 0 heterocycles. The van der Waals surface area contributed by atoms with Crippen LogP contribution < -0.4 is 4.74 Å². The summed E-state index contributed by atoms with van der Waals surface area (Å²) in [5.41, 5.74) is 2.93. The van der Waals surface area contributed by atoms with Crippen molar-refractivity contribution in [2.75, 3.05) is 7.11 Å². The van der Waals surface area contributed by atoms with E-state index in [9.17, 15) is 4.79 Å². The largest absolute Gasteiger partial charge is 0.497 e. The molecule has 1 atom stereocenters. The Balaban J connectivity index is 1.99. The van der Waals surface area contributed by atoms with Gasteiger partial charge in [-0.25, -0.2) is 0 Å². The molecule has 34 heavy (non-hydrogen) atoms. The first-order valence-electron chi connectivity index (χ1n) is 11.1. The minimum atomic E-state index is -0.838. The zero-order valence-corrected chi connectivity index (χ0v) is 19.3. The summed E-state index contributed by atoms with van der Waals surface area (Å²) in [7, 11) is 1.63. The fourth-order valence-corrected chi connectivity index (χ4v) is 4.27. The molecule has 0 spiro atoms. The maximum Gasteiger partial charge on any atom is 0.303 e. The van der Waals surface area contributed by atoms with Crippen molar-refractivity contribution < 1.29 is 14.3 Å². The Hall–Kier alpha value is -4.29. The van der Waals surface area contributed by atoms with Gasteiger partial charge in [0.1, 0.15) is 5.75 Å². The maximum atomic E-state index is 12.4. The molecule has 3 heteroatoms. The lowest BCUT2D eigenvalue weighted by Crippen LogP contribution is -2.43. The lowest BCUT2D eigenvalue weighted by molar-refractivity contribution is -0.145. The van der Waals surface area contributed by atoms with E-state index in [1.165, 1.54) is 6.92 Å². The third kappa shape index (κ3) is 4.72. The van der Waals surface area contributed by atoms with Crippen molar-refractivity contribution in [3.8, 4) is 17.6 Å². The van der Waals surface area contributed by atoms with Gasteiger partial charge in [-0.1, -0.05) is 103 Å². The van der Waals surface area contributed by atoms with Crippen molar-refractivity contribution in [1.29, 1.82) is 0 Å². The van der Waals surface area contributed by atoms with Gasteiger partial charge >= 0.3 is 5.97 Å². The van der Waals surface area contributed by atoms with E-state index >= 15 is 0 Å². The van der Waals surface area contributed by atoms with E-state index in [1.807, 2.05) is 78.9 Å². The summed E-state index contributed by atoms with van der Waals surface area (Å²) in [6, 6.07) is 37.8. The van der Waals surface area contributed by atoms with Crippen LogP contribution >= 0.6 is 0 Å². The summed E-state index contributed by atoms with van der Waals surface area (Å²) in [4.78, 5) is 12.4. The second-order valence-corrected chi connectivity index (χ2v) is 7.89. The molecule has 3 nitrogen and oxygen atoms in total. The van der Waals surface area contributed by atoms with Crippen LogP contribution in [0, 0.1) is 11.8 Å². The van der Waals surface area contributed by atoms with Crippen molar-refractivity contribution in [2.45, 2.75) is 18.4 Å². The molecule has 0 bridgehead atoms. The van der Waals surface area contributed by atoms with Crippen LogP contribution in [0.25, 0.3) is 0 Å². The molecule has 0 aliphatic rings. The molecule has 0 aliphatic carbocycles. The van der Waals surface area contributed by atoms with E-state index in [2.05, 4.69) is 48.2 Å². The molecule has 1 unspecified atom stereocenters. The SMILES string of the molecule is COc1ccc(C#CC(OC(C)=O)C(c2ccccc2)(c2ccccc2)c2ccccc2)cc1. The molecule has 4 aromatic carbocycles. The van der Waals surface area contributed by atoms with Gasteiger partial charge < -0.3 is 9.47 Å². The Morgan fingerprint density at radius 3 is 1.53 bits per heavy atom. The molecule has 0 aliphatic heterocycles. The van der Waals surface area contributed by atoms with Crippen molar-refractivity contribution >= 4 is 5.97 Å². The van der Waals surface area contributed by atoms with E-state index in [1.54, 1.807) is 7.11 Å². The second kappa shape index (κ2) is 10.6. The van der Waals surface area contributed by atoms with Gasteiger partial charge in [-0.15, -0.1) is 0 Å². The third-order valence-corrected chi connectivity index (χ3v) is 5.80. The van der Waals surface area contributed by atoms with Gasteiger partial charge in [0, 0.05) is 12.5 Å². The highest BCUT2D eigenvalue weighted by atomic mass is 16.5. The predicted molar refractivity (Wildman–Crippen MR) is 135 cm³/mol. The van der Waals surface area contributed by atoms with E-state index in [4.69, 9.17) is 9.47 Å². The quantitative estimate of drug-likeness (QED) is 0.207. The first-order chi connectivity index (χ1) is 16.6. The third-order valence-electron chi connectivity index (χ3n) is 5.80. The predicted octanol–water partition coefficient (Wildman–Crippen LogP) is 6.01. The molecular weight excluding hydrogens is 420 g/mol. The average Bonchev–Trinajstić information content (AvgIpc) is 2.89. The Labute approximate surface area is 201 Å². The summed E-state index contributed by atoms with van der Waals surface area (Å²) >= 11 is 0. The van der Waals surface area contributed by atoms with E-state index in [-0.39, 0.29) is 5.97 Å². The number of hydrogen-bond donors (Lipinski definition) is 0. The highest BCUT2D eigenvalue weighted by Crippen LogP contribution is 2.43. The first-order valence-corrected chi connectivity index (χ1v) is 11.1. The number of rotatable bonds is 6. The van der Waals surface area contributed by atoms with Gasteiger partial charge in [-0.3, -0.25) is 4.79 Å². The summed E-state index contributed by atoms with van der Waals surface area (Å²) < 4.78 is 11.3. The fraction of sp³-hybridized carbons (Fsp3) is 0.129. The van der Waals surface area contributed by atoms with E-state index < -0.39 is 11.5 Å². The highest BCUT2D eigenvalue weighted by Gasteiger charge is 2.45. The van der Waals surface area contributed by atoms with Crippen molar-refractivity contribution in [1.82, 2.24) is 0 Å². The molecule has 0 N–H and O–H groups in total. The number of carbonyl (C=O) groups excluding carboxylic acids is 1. The Morgan fingerprint density at radius 1 is 0.706 bits per heavy atom. The molecule has 4 rings (SSSR count). The summed E-state index contributed by atoms with van der Waals surface area (Å²) in [5, 5.41) is 0. The maximum absolute atomic E-state index is 12.4. The van der Waals surface area contributed by atoms with Crippen LogP contribution in [0.3, 0.4) is 0 Å². The van der Waals surface area contributed by atoms with Crippen LogP contribution in [0.1, 0.15) is 29.2 Å². The van der Waals surface area contributed by atoms with Crippen LogP contribution in [-0.2, 0) is 14.9 Å². The van der Waals surface area contributed by atoms with Gasteiger partial charge in [0.05, 0.1) is 12.5 Å². The van der Waals surface area contributed by atoms with Crippen molar-refractivity contribution in [3.05, 3.63) is 138 Å². The average molecular weight is 447 g/mol. The fourth-order valence-electron chi connectivity index (χ4n) is 4.27. The lowest BCUT2D eigenvalue weighted by Gasteiger charge is -2.39. The second-order valence-electron chi connectivity index (χ2n) is 7.89. The number of hydrogen-bond acceptors (Lipinski definition) is 3. The normalized spacial score (nSPS) is 11.6. The molecule has 0 saturated heterocycles. The van der Waals surface area contributed by atoms with Crippen molar-refractivity contribution in [2.24, 2.45) is 0 Å². The lowest BCUT2D eigenvalue weighted by atomic mass is 9.65. The molecule has 168 valence electrons. The van der Waals surface area contributed by atoms with Gasteiger partial charge in [0.25, 0.3) is 0 Å². The first kappa shape index (κ1) is 22.9. The van der Waals surface area contributed by atoms with Crippen LogP contribution in [0.4, 0.5) is 0 Å². The smallest absolute Gasteiger partial charge is 0.303 e. The molecular formula is C31H26O3. The van der Waals surface area contributed by atoms with Crippen molar-refractivity contribution in [3.63, 3.8) is 0 Å². The Bertz CT molecular complexity index is 1170. The Morgan fingerprint density at radius 2 is 1.15 bits per heavy atom. The standard InChI is InChI=1S/C31H26O3/c1-24(32)34-30(23-20-25-18-21-29(33-2)22-19-25)31(26-12-6-3-7-13-26,27-14-8-4-9-15-27)28-16-10-5-11-17-28/h3-19,21-22,30H,1-2H3.